The van der Waals surface area contributed by atoms with Crippen LogP contribution in [0.5, 0.6) is 0 Å². The molecule has 32 heavy (non-hydrogen) atoms. The predicted molar refractivity (Wildman–Crippen MR) is 116 cm³/mol. The highest BCUT2D eigenvalue weighted by atomic mass is 35.5. The number of fused-ring (bicyclic) bond motifs is 2. The van der Waals surface area contributed by atoms with Gasteiger partial charge >= 0.3 is 0 Å². The molecule has 0 spiro atoms. The van der Waals surface area contributed by atoms with Gasteiger partial charge in [-0.2, -0.15) is 5.10 Å². The molecule has 0 radical (unpaired) electrons. The average Bonchev–Trinajstić information content (AvgIpc) is 3.16. The van der Waals surface area contributed by atoms with Crippen LogP contribution in [0.25, 0.3) is 33.2 Å². The first-order valence-corrected chi connectivity index (χ1v) is 9.60. The molecule has 11 heteroatoms. The number of para-hydroxylation sites is 1. The summed E-state index contributed by atoms with van der Waals surface area (Å²) in [5, 5.41) is 21.5. The molecule has 0 aliphatic carbocycles. The maximum Gasteiger partial charge on any atom is 0.270 e. The summed E-state index contributed by atoms with van der Waals surface area (Å²) < 4.78 is 27.8. The Morgan fingerprint density at radius 1 is 1.00 bits per heavy atom. The second-order valence-electron chi connectivity index (χ2n) is 6.84. The second kappa shape index (κ2) is 7.50. The van der Waals surface area contributed by atoms with Crippen molar-refractivity contribution in [3.05, 3.63) is 81.4 Å². The van der Waals surface area contributed by atoms with E-state index in [1.165, 1.54) is 18.2 Å². The Bertz CT molecular complexity index is 1540. The zero-order valence-electron chi connectivity index (χ0n) is 15.9. The SMILES string of the molecule is O=[N+]([O-])c1ccc(-c2nc(Nc3n[nH]c4c(F)cc(F)cc34)c3ccccc3n2)c(Cl)c1. The average molecular weight is 453 g/mol. The fourth-order valence-electron chi connectivity index (χ4n) is 3.34. The van der Waals surface area contributed by atoms with Gasteiger partial charge in [0, 0.05) is 29.1 Å². The van der Waals surface area contributed by atoms with E-state index in [4.69, 9.17) is 11.6 Å². The molecule has 0 amide bonds. The van der Waals surface area contributed by atoms with Crippen LogP contribution in [0.2, 0.25) is 5.02 Å². The normalized spacial score (nSPS) is 11.2. The topological polar surface area (TPSA) is 110 Å². The van der Waals surface area contributed by atoms with Crippen LogP contribution in [0, 0.1) is 21.7 Å². The van der Waals surface area contributed by atoms with Gasteiger partial charge in [0.05, 0.1) is 20.8 Å². The van der Waals surface area contributed by atoms with Crippen LogP contribution in [0.1, 0.15) is 0 Å². The van der Waals surface area contributed by atoms with Crippen molar-refractivity contribution in [1.29, 1.82) is 0 Å². The molecule has 8 nitrogen and oxygen atoms in total. The van der Waals surface area contributed by atoms with E-state index in [9.17, 15) is 18.9 Å². The number of hydrogen-bond donors (Lipinski definition) is 2. The Kier molecular flexibility index (Phi) is 4.63. The number of nitrogens with one attached hydrogen (secondary N) is 2. The number of aromatic amines is 1. The molecular weight excluding hydrogens is 442 g/mol. The molecule has 0 unspecified atom stereocenters. The number of nitro benzene ring substituents is 1. The van der Waals surface area contributed by atoms with Crippen LogP contribution in [0.15, 0.2) is 54.6 Å². The molecule has 158 valence electrons. The summed E-state index contributed by atoms with van der Waals surface area (Å²) in [6.45, 7) is 0. The van der Waals surface area contributed by atoms with Crippen molar-refractivity contribution in [3.63, 3.8) is 0 Å². The van der Waals surface area contributed by atoms with E-state index in [1.54, 1.807) is 24.3 Å². The Morgan fingerprint density at radius 3 is 2.59 bits per heavy atom. The van der Waals surface area contributed by atoms with Gasteiger partial charge in [-0.25, -0.2) is 18.7 Å². The Labute approximate surface area is 183 Å². The second-order valence-corrected chi connectivity index (χ2v) is 7.25. The van der Waals surface area contributed by atoms with E-state index in [1.807, 2.05) is 0 Å². The van der Waals surface area contributed by atoms with Crippen LogP contribution < -0.4 is 5.32 Å². The smallest absolute Gasteiger partial charge is 0.270 e. The van der Waals surface area contributed by atoms with Gasteiger partial charge in [0.1, 0.15) is 17.2 Å². The lowest BCUT2D eigenvalue weighted by Gasteiger charge is -2.11. The van der Waals surface area contributed by atoms with Crippen LogP contribution in [-0.2, 0) is 0 Å². The van der Waals surface area contributed by atoms with Gasteiger partial charge in [-0.1, -0.05) is 23.7 Å². The molecule has 2 N–H and O–H groups in total. The number of anilines is 2. The molecule has 3 aromatic carbocycles. The summed E-state index contributed by atoms with van der Waals surface area (Å²) in [4.78, 5) is 19.5. The molecule has 0 saturated heterocycles. The number of benzene rings is 3. The lowest BCUT2D eigenvalue weighted by molar-refractivity contribution is -0.384. The van der Waals surface area contributed by atoms with Crippen molar-refractivity contribution in [2.24, 2.45) is 0 Å². The van der Waals surface area contributed by atoms with Crippen molar-refractivity contribution in [2.45, 2.75) is 0 Å². The van der Waals surface area contributed by atoms with Gasteiger partial charge in [-0.3, -0.25) is 15.2 Å². The standard InChI is InChI=1S/C21H11ClF2N6O2/c22-15-9-11(30(31)32)5-6-12(15)19-25-17-4-2-1-3-13(17)20(26-19)27-21-14-7-10(23)8-16(24)18(14)28-29-21/h1-9H,(H2,25,26,27,28,29). The summed E-state index contributed by atoms with van der Waals surface area (Å²) in [7, 11) is 0. The molecule has 0 atom stereocenters. The van der Waals surface area contributed by atoms with E-state index >= 15 is 0 Å². The number of rotatable bonds is 4. The number of halogens is 3. The van der Waals surface area contributed by atoms with Crippen molar-refractivity contribution in [2.75, 3.05) is 5.32 Å². The van der Waals surface area contributed by atoms with E-state index in [0.29, 0.717) is 22.3 Å². The molecule has 0 bridgehead atoms. The first-order valence-electron chi connectivity index (χ1n) is 9.22. The van der Waals surface area contributed by atoms with Crippen LogP contribution in [-0.4, -0.2) is 25.1 Å². The van der Waals surface area contributed by atoms with Gasteiger partial charge in [-0.15, -0.1) is 0 Å². The number of hydrogen-bond acceptors (Lipinski definition) is 6. The third-order valence-electron chi connectivity index (χ3n) is 4.83. The number of non-ortho nitro benzene ring substituents is 1. The van der Waals surface area contributed by atoms with Crippen molar-refractivity contribution >= 4 is 50.7 Å². The van der Waals surface area contributed by atoms with E-state index in [0.717, 1.165) is 12.1 Å². The first kappa shape index (κ1) is 19.8. The summed E-state index contributed by atoms with van der Waals surface area (Å²) in [6, 6.07) is 13.0. The predicted octanol–water partition coefficient (Wildman–Crippen LogP) is 5.76. The summed E-state index contributed by atoms with van der Waals surface area (Å²) in [5.41, 5.74) is 0.831. The number of nitro groups is 1. The highest BCUT2D eigenvalue weighted by molar-refractivity contribution is 6.33. The lowest BCUT2D eigenvalue weighted by Crippen LogP contribution is -2.00. The van der Waals surface area contributed by atoms with Gasteiger partial charge in [0.2, 0.25) is 0 Å². The zero-order chi connectivity index (χ0) is 22.4. The fourth-order valence-corrected chi connectivity index (χ4v) is 3.60. The van der Waals surface area contributed by atoms with Crippen LogP contribution in [0.4, 0.5) is 26.1 Å². The van der Waals surface area contributed by atoms with E-state index in [2.05, 4.69) is 25.5 Å². The molecule has 0 saturated carbocycles. The molecule has 0 fully saturated rings. The minimum Gasteiger partial charge on any atom is -0.322 e. The fraction of sp³-hybridized carbons (Fsp3) is 0. The molecular formula is C21H11ClF2N6O2. The summed E-state index contributed by atoms with van der Waals surface area (Å²) >= 11 is 6.26. The van der Waals surface area contributed by atoms with Crippen molar-refractivity contribution < 1.29 is 13.7 Å². The van der Waals surface area contributed by atoms with Crippen LogP contribution in [0.3, 0.4) is 0 Å². The van der Waals surface area contributed by atoms with Crippen molar-refractivity contribution in [3.8, 4) is 11.4 Å². The Hall–Kier alpha value is -4.18. The van der Waals surface area contributed by atoms with Gasteiger partial charge < -0.3 is 5.32 Å². The lowest BCUT2D eigenvalue weighted by atomic mass is 10.1. The maximum atomic E-state index is 14.0. The zero-order valence-corrected chi connectivity index (χ0v) is 16.7. The number of nitrogens with zero attached hydrogens (tertiary/aromatic N) is 4. The van der Waals surface area contributed by atoms with E-state index < -0.39 is 16.6 Å². The molecule has 5 rings (SSSR count). The highest BCUT2D eigenvalue weighted by Gasteiger charge is 2.17. The van der Waals surface area contributed by atoms with Gasteiger partial charge in [0.25, 0.3) is 5.69 Å². The Balaban J connectivity index is 1.67. The van der Waals surface area contributed by atoms with Gasteiger partial charge in [0.15, 0.2) is 17.5 Å². The number of H-pyrrole nitrogens is 1. The molecule has 0 aliphatic heterocycles. The third kappa shape index (κ3) is 3.36. The highest BCUT2D eigenvalue weighted by Crippen LogP contribution is 2.33. The minimum atomic E-state index is -0.772. The summed E-state index contributed by atoms with van der Waals surface area (Å²) in [6.07, 6.45) is 0. The molecule has 2 aromatic heterocycles. The first-order chi connectivity index (χ1) is 15.4. The minimum absolute atomic E-state index is 0.0471. The maximum absolute atomic E-state index is 14.0. The van der Waals surface area contributed by atoms with E-state index in [-0.39, 0.29) is 33.3 Å². The third-order valence-corrected chi connectivity index (χ3v) is 5.15. The van der Waals surface area contributed by atoms with Gasteiger partial charge in [-0.05, 0) is 24.3 Å². The quantitative estimate of drug-likeness (QED) is 0.265. The Morgan fingerprint density at radius 2 is 1.81 bits per heavy atom. The van der Waals surface area contributed by atoms with Crippen LogP contribution >= 0.6 is 11.6 Å². The van der Waals surface area contributed by atoms with Crippen molar-refractivity contribution in [1.82, 2.24) is 20.2 Å². The summed E-state index contributed by atoms with van der Waals surface area (Å²) in [5.74, 6) is -0.818. The number of aromatic nitrogens is 4. The molecule has 2 heterocycles. The monoisotopic (exact) mass is 452 g/mol. The molecule has 5 aromatic rings. The molecule has 0 aliphatic rings. The largest absolute Gasteiger partial charge is 0.322 e.